The fraction of sp³-hybridized carbons (Fsp3) is 1.00. The number of hydrogen-bond acceptors (Lipinski definition) is 4. The minimum atomic E-state index is -3.26. The number of hydrogen-bond donors (Lipinski definition) is 0. The molecule has 0 radical (unpaired) electrons. The molecule has 0 spiro atoms. The van der Waals surface area contributed by atoms with E-state index in [9.17, 15) is 8.42 Å². The van der Waals surface area contributed by atoms with Crippen molar-refractivity contribution < 1.29 is 17.3 Å². The van der Waals surface area contributed by atoms with E-state index in [4.69, 9.17) is 4.74 Å². The molecule has 1 aliphatic rings. The molecule has 0 amide bonds. The molecular weight excluding hydrogens is 144 g/mol. The Kier molecular flexibility index (Phi) is 1.74. The zero-order valence-electron chi connectivity index (χ0n) is 5.03. The van der Waals surface area contributed by atoms with Crippen LogP contribution < -0.4 is 0 Å². The minimum absolute atomic E-state index is 0.0136. The summed E-state index contributed by atoms with van der Waals surface area (Å²) in [5.41, 5.74) is 0. The van der Waals surface area contributed by atoms with E-state index in [2.05, 4.69) is 4.18 Å². The molecular formula is C4H8O4S. The van der Waals surface area contributed by atoms with Crippen LogP contribution in [0.2, 0.25) is 0 Å². The fourth-order valence-electron chi connectivity index (χ4n) is 0.364. The van der Waals surface area contributed by atoms with E-state index in [0.29, 0.717) is 6.61 Å². The van der Waals surface area contributed by atoms with Gasteiger partial charge in [0.1, 0.15) is 6.10 Å². The maximum atomic E-state index is 10.3. The van der Waals surface area contributed by atoms with Gasteiger partial charge in [0.05, 0.1) is 19.5 Å². The predicted molar refractivity (Wildman–Crippen MR) is 30.5 cm³/mol. The first-order valence-corrected chi connectivity index (χ1v) is 4.35. The van der Waals surface area contributed by atoms with Gasteiger partial charge in [-0.1, -0.05) is 0 Å². The van der Waals surface area contributed by atoms with Crippen LogP contribution >= 0.6 is 0 Å². The summed E-state index contributed by atoms with van der Waals surface area (Å²) in [7, 11) is -3.26. The molecule has 0 saturated carbocycles. The second kappa shape index (κ2) is 2.24. The van der Waals surface area contributed by atoms with Gasteiger partial charge in [0.15, 0.2) is 0 Å². The lowest BCUT2D eigenvalue weighted by atomic mass is 10.5. The highest BCUT2D eigenvalue weighted by molar-refractivity contribution is 7.85. The van der Waals surface area contributed by atoms with Crippen LogP contribution in [0.4, 0.5) is 0 Å². The summed E-state index contributed by atoms with van der Waals surface area (Å²) >= 11 is 0. The van der Waals surface area contributed by atoms with Gasteiger partial charge in [-0.3, -0.25) is 4.18 Å². The van der Waals surface area contributed by atoms with E-state index in [1.54, 1.807) is 0 Å². The molecule has 0 aromatic rings. The molecule has 1 fully saturated rings. The van der Waals surface area contributed by atoms with Crippen LogP contribution in [0.25, 0.3) is 0 Å². The summed E-state index contributed by atoms with van der Waals surface area (Å²) < 4.78 is 29.7. The van der Waals surface area contributed by atoms with Gasteiger partial charge in [-0.05, 0) is 0 Å². The van der Waals surface area contributed by atoms with Gasteiger partial charge >= 0.3 is 0 Å². The van der Waals surface area contributed by atoms with Crippen molar-refractivity contribution in [2.45, 2.75) is 6.10 Å². The maximum absolute atomic E-state index is 10.3. The largest absolute Gasteiger partial charge is 0.371 e. The Bertz CT molecular complexity index is 179. The summed E-state index contributed by atoms with van der Waals surface area (Å²) in [5.74, 6) is 0. The summed E-state index contributed by atoms with van der Waals surface area (Å²) in [5, 5.41) is 0. The van der Waals surface area contributed by atoms with E-state index in [1.807, 2.05) is 0 Å². The minimum Gasteiger partial charge on any atom is -0.371 e. The molecule has 1 unspecified atom stereocenters. The van der Waals surface area contributed by atoms with Gasteiger partial charge in [-0.2, -0.15) is 8.42 Å². The van der Waals surface area contributed by atoms with Gasteiger partial charge in [0.25, 0.3) is 10.1 Å². The van der Waals surface area contributed by atoms with E-state index in [1.165, 1.54) is 0 Å². The van der Waals surface area contributed by atoms with Crippen LogP contribution in [0.3, 0.4) is 0 Å². The molecule has 9 heavy (non-hydrogen) atoms. The normalized spacial score (nSPS) is 26.1. The van der Waals surface area contributed by atoms with Crippen molar-refractivity contribution in [3.05, 3.63) is 0 Å². The van der Waals surface area contributed by atoms with Gasteiger partial charge in [-0.15, -0.1) is 0 Å². The van der Waals surface area contributed by atoms with Crippen LogP contribution in [0, 0.1) is 0 Å². The topological polar surface area (TPSA) is 55.9 Å². The van der Waals surface area contributed by atoms with Gasteiger partial charge in [0.2, 0.25) is 0 Å². The summed E-state index contributed by atoms with van der Waals surface area (Å²) in [6.07, 6.45) is 1.04. The van der Waals surface area contributed by atoms with Crippen LogP contribution in [0.15, 0.2) is 0 Å². The lowest BCUT2D eigenvalue weighted by Crippen LogP contribution is -2.07. The fourth-order valence-corrected chi connectivity index (χ4v) is 0.763. The van der Waals surface area contributed by atoms with Crippen molar-refractivity contribution in [3.63, 3.8) is 0 Å². The molecule has 0 N–H and O–H groups in total. The zero-order chi connectivity index (χ0) is 6.91. The second-order valence-electron chi connectivity index (χ2n) is 1.94. The molecule has 0 aliphatic carbocycles. The van der Waals surface area contributed by atoms with E-state index >= 15 is 0 Å². The van der Waals surface area contributed by atoms with Crippen molar-refractivity contribution in [1.29, 1.82) is 0 Å². The van der Waals surface area contributed by atoms with Crippen LogP contribution in [0.1, 0.15) is 0 Å². The van der Waals surface area contributed by atoms with Crippen molar-refractivity contribution in [2.24, 2.45) is 0 Å². The third-order valence-electron chi connectivity index (χ3n) is 0.870. The van der Waals surface area contributed by atoms with Gasteiger partial charge < -0.3 is 4.74 Å². The highest BCUT2D eigenvalue weighted by Crippen LogP contribution is 2.09. The monoisotopic (exact) mass is 152 g/mol. The lowest BCUT2D eigenvalue weighted by molar-refractivity contribution is 0.269. The van der Waals surface area contributed by atoms with Crippen molar-refractivity contribution in [2.75, 3.05) is 19.5 Å². The Labute approximate surface area is 53.9 Å². The standard InChI is InChI=1S/C4H8O4S/c1-9(5,6)8-3-4-2-7-4/h4H,2-3H2,1H3. The highest BCUT2D eigenvalue weighted by Gasteiger charge is 2.24. The highest BCUT2D eigenvalue weighted by atomic mass is 32.2. The second-order valence-corrected chi connectivity index (χ2v) is 3.59. The smallest absolute Gasteiger partial charge is 0.264 e. The average Bonchev–Trinajstić information content (AvgIpc) is 2.38. The quantitative estimate of drug-likeness (QED) is 0.399. The van der Waals surface area contributed by atoms with Gasteiger partial charge in [-0.25, -0.2) is 0 Å². The molecule has 5 heteroatoms. The van der Waals surface area contributed by atoms with Crippen LogP contribution in [-0.4, -0.2) is 34.0 Å². The summed E-state index contributed by atoms with van der Waals surface area (Å²) in [6.45, 7) is 0.786. The first-order chi connectivity index (χ1) is 4.08. The van der Waals surface area contributed by atoms with Crippen molar-refractivity contribution >= 4 is 10.1 Å². The Morgan fingerprint density at radius 1 is 1.78 bits per heavy atom. The maximum Gasteiger partial charge on any atom is 0.264 e. The van der Waals surface area contributed by atoms with E-state index in [0.717, 1.165) is 6.26 Å². The zero-order valence-corrected chi connectivity index (χ0v) is 5.85. The molecule has 1 saturated heterocycles. The molecule has 1 atom stereocenters. The number of ether oxygens (including phenoxy) is 1. The first-order valence-electron chi connectivity index (χ1n) is 2.54. The third-order valence-corrected chi connectivity index (χ3v) is 1.43. The molecule has 4 nitrogen and oxygen atoms in total. The predicted octanol–water partition coefficient (Wildman–Crippen LogP) is -0.639. The third kappa shape index (κ3) is 3.45. The molecule has 0 aromatic carbocycles. The Balaban J connectivity index is 2.18. The van der Waals surface area contributed by atoms with Crippen molar-refractivity contribution in [3.8, 4) is 0 Å². The van der Waals surface area contributed by atoms with Crippen LogP contribution in [-0.2, 0) is 19.0 Å². The first kappa shape index (κ1) is 6.98. The number of epoxide rings is 1. The Hall–Kier alpha value is -0.130. The van der Waals surface area contributed by atoms with Crippen LogP contribution in [0.5, 0.6) is 0 Å². The molecule has 1 aliphatic heterocycles. The Morgan fingerprint density at radius 3 is 2.67 bits per heavy atom. The molecule has 1 heterocycles. The van der Waals surface area contributed by atoms with Gasteiger partial charge in [0, 0.05) is 0 Å². The summed E-state index contributed by atoms with van der Waals surface area (Å²) in [4.78, 5) is 0. The average molecular weight is 152 g/mol. The van der Waals surface area contributed by atoms with Crippen molar-refractivity contribution in [1.82, 2.24) is 0 Å². The molecule has 1 rings (SSSR count). The van der Waals surface area contributed by atoms with E-state index in [-0.39, 0.29) is 12.7 Å². The summed E-state index contributed by atoms with van der Waals surface area (Å²) in [6, 6.07) is 0. The molecule has 0 bridgehead atoms. The molecule has 54 valence electrons. The number of rotatable bonds is 3. The molecule has 0 aromatic heterocycles. The van der Waals surface area contributed by atoms with E-state index < -0.39 is 10.1 Å². The Morgan fingerprint density at radius 2 is 2.33 bits per heavy atom. The SMILES string of the molecule is CS(=O)(=O)OCC1CO1. The lowest BCUT2D eigenvalue weighted by Gasteiger charge is -1.94.